The number of carbonyl (C=O) groups excluding carboxylic acids is 2. The van der Waals surface area contributed by atoms with Gasteiger partial charge in [-0.2, -0.15) is 0 Å². The summed E-state index contributed by atoms with van der Waals surface area (Å²) >= 11 is 1.28. The summed E-state index contributed by atoms with van der Waals surface area (Å²) in [5, 5.41) is 5.65. The molecule has 144 valence electrons. The van der Waals surface area contributed by atoms with Crippen molar-refractivity contribution in [3.8, 4) is 5.75 Å². The topological polar surface area (TPSA) is 67.4 Å². The maximum absolute atomic E-state index is 12.0. The first-order valence-electron chi connectivity index (χ1n) is 9.01. The highest BCUT2D eigenvalue weighted by atomic mass is 32.2. The Hall–Kier alpha value is -2.47. The number of nitrogens with one attached hydrogen (secondary N) is 2. The number of unbranched alkanes of at least 4 members (excludes halogenated alkanes) is 1. The van der Waals surface area contributed by atoms with Crippen LogP contribution in [-0.2, 0) is 16.0 Å². The maximum Gasteiger partial charge on any atom is 0.234 e. The van der Waals surface area contributed by atoms with Gasteiger partial charge in [0.15, 0.2) is 0 Å². The van der Waals surface area contributed by atoms with Crippen LogP contribution >= 0.6 is 11.8 Å². The summed E-state index contributed by atoms with van der Waals surface area (Å²) in [7, 11) is 1.59. The summed E-state index contributed by atoms with van der Waals surface area (Å²) < 4.78 is 5.08. The van der Waals surface area contributed by atoms with E-state index in [0.717, 1.165) is 17.9 Å². The Morgan fingerprint density at radius 3 is 1.89 bits per heavy atom. The van der Waals surface area contributed by atoms with Gasteiger partial charge in [-0.05, 0) is 54.8 Å². The van der Waals surface area contributed by atoms with Crippen molar-refractivity contribution < 1.29 is 14.3 Å². The summed E-state index contributed by atoms with van der Waals surface area (Å²) in [5.41, 5.74) is 2.76. The van der Waals surface area contributed by atoms with E-state index in [0.29, 0.717) is 5.69 Å². The van der Waals surface area contributed by atoms with Gasteiger partial charge in [0.1, 0.15) is 5.75 Å². The molecule has 0 aliphatic carbocycles. The summed E-state index contributed by atoms with van der Waals surface area (Å²) in [6, 6.07) is 15.0. The van der Waals surface area contributed by atoms with E-state index in [-0.39, 0.29) is 23.3 Å². The first-order chi connectivity index (χ1) is 13.1. The van der Waals surface area contributed by atoms with Gasteiger partial charge < -0.3 is 15.4 Å². The van der Waals surface area contributed by atoms with Crippen molar-refractivity contribution in [3.05, 3.63) is 54.1 Å². The van der Waals surface area contributed by atoms with Gasteiger partial charge in [-0.3, -0.25) is 9.59 Å². The Balaban J connectivity index is 1.68. The molecule has 0 fully saturated rings. The largest absolute Gasteiger partial charge is 0.497 e. The fourth-order valence-electron chi connectivity index (χ4n) is 2.44. The minimum Gasteiger partial charge on any atom is -0.497 e. The summed E-state index contributed by atoms with van der Waals surface area (Å²) in [5.74, 6) is 0.928. The minimum atomic E-state index is -0.141. The Morgan fingerprint density at radius 2 is 1.41 bits per heavy atom. The van der Waals surface area contributed by atoms with Crippen LogP contribution in [0.2, 0.25) is 0 Å². The van der Waals surface area contributed by atoms with E-state index in [1.165, 1.54) is 30.2 Å². The van der Waals surface area contributed by atoms with Crippen molar-refractivity contribution in [3.63, 3.8) is 0 Å². The van der Waals surface area contributed by atoms with Crippen LogP contribution in [0.25, 0.3) is 0 Å². The number of amides is 2. The van der Waals surface area contributed by atoms with Gasteiger partial charge in [0.2, 0.25) is 11.8 Å². The van der Waals surface area contributed by atoms with Gasteiger partial charge in [0, 0.05) is 11.4 Å². The van der Waals surface area contributed by atoms with Gasteiger partial charge in [0.05, 0.1) is 18.6 Å². The number of hydrogen-bond acceptors (Lipinski definition) is 4. The Kier molecular flexibility index (Phi) is 8.71. The van der Waals surface area contributed by atoms with Crippen molar-refractivity contribution in [2.45, 2.75) is 26.2 Å². The molecule has 6 heteroatoms. The number of aryl methyl sites for hydroxylation is 1. The zero-order valence-corrected chi connectivity index (χ0v) is 16.6. The quantitative estimate of drug-likeness (QED) is 0.637. The van der Waals surface area contributed by atoms with Gasteiger partial charge >= 0.3 is 0 Å². The minimum absolute atomic E-state index is 0.112. The number of benzene rings is 2. The molecule has 2 aromatic rings. The van der Waals surface area contributed by atoms with E-state index in [1.807, 2.05) is 24.3 Å². The molecular weight excluding hydrogens is 360 g/mol. The second-order valence-corrected chi connectivity index (χ2v) is 7.10. The standard InChI is InChI=1S/C21H26N2O3S/c1-3-4-5-16-6-8-17(9-7-16)22-20(24)14-27-15-21(25)23-18-10-12-19(26-2)13-11-18/h6-13H,3-5,14-15H2,1-2H3,(H,22,24)(H,23,25). The number of carbonyl (C=O) groups is 2. The van der Waals surface area contributed by atoms with Crippen molar-refractivity contribution in [1.82, 2.24) is 0 Å². The fraction of sp³-hybridized carbons (Fsp3) is 0.333. The molecular formula is C21H26N2O3S. The SMILES string of the molecule is CCCCc1ccc(NC(=O)CSCC(=O)Nc2ccc(OC)cc2)cc1. The molecule has 2 aromatic carbocycles. The molecule has 0 atom stereocenters. The van der Waals surface area contributed by atoms with Gasteiger partial charge in [-0.1, -0.05) is 25.5 Å². The monoisotopic (exact) mass is 386 g/mol. The highest BCUT2D eigenvalue weighted by Gasteiger charge is 2.07. The molecule has 0 heterocycles. The predicted molar refractivity (Wildman–Crippen MR) is 113 cm³/mol. The summed E-state index contributed by atoms with van der Waals surface area (Å²) in [6.07, 6.45) is 3.40. The number of rotatable bonds is 10. The van der Waals surface area contributed by atoms with Crippen LogP contribution in [0.15, 0.2) is 48.5 Å². The average Bonchev–Trinajstić information content (AvgIpc) is 2.68. The highest BCUT2D eigenvalue weighted by molar-refractivity contribution is 8.00. The third kappa shape index (κ3) is 7.74. The van der Waals surface area contributed by atoms with Crippen LogP contribution in [0.3, 0.4) is 0 Å². The van der Waals surface area contributed by atoms with Crippen molar-refractivity contribution in [2.24, 2.45) is 0 Å². The van der Waals surface area contributed by atoms with E-state index >= 15 is 0 Å². The molecule has 5 nitrogen and oxygen atoms in total. The molecule has 0 saturated carbocycles. The van der Waals surface area contributed by atoms with Gasteiger partial charge in [0.25, 0.3) is 0 Å². The highest BCUT2D eigenvalue weighted by Crippen LogP contribution is 2.16. The lowest BCUT2D eigenvalue weighted by Gasteiger charge is -2.08. The summed E-state index contributed by atoms with van der Waals surface area (Å²) in [4.78, 5) is 23.9. The first-order valence-corrected chi connectivity index (χ1v) is 10.2. The molecule has 2 N–H and O–H groups in total. The van der Waals surface area contributed by atoms with Crippen LogP contribution in [-0.4, -0.2) is 30.4 Å². The van der Waals surface area contributed by atoms with Gasteiger partial charge in [-0.15, -0.1) is 11.8 Å². The molecule has 2 amide bonds. The van der Waals surface area contributed by atoms with Crippen LogP contribution in [0.5, 0.6) is 5.75 Å². The molecule has 27 heavy (non-hydrogen) atoms. The molecule has 0 aliphatic rings. The zero-order chi connectivity index (χ0) is 19.5. The Bertz CT molecular complexity index is 730. The summed E-state index contributed by atoms with van der Waals surface area (Å²) in [6.45, 7) is 2.17. The Morgan fingerprint density at radius 1 is 0.889 bits per heavy atom. The third-order valence-corrected chi connectivity index (χ3v) is 4.83. The molecule has 0 radical (unpaired) electrons. The van der Waals surface area contributed by atoms with Crippen LogP contribution < -0.4 is 15.4 Å². The van der Waals surface area contributed by atoms with E-state index in [4.69, 9.17) is 4.74 Å². The second kappa shape index (κ2) is 11.3. The fourth-order valence-corrected chi connectivity index (χ4v) is 3.06. The molecule has 0 unspecified atom stereocenters. The molecule has 0 saturated heterocycles. The van der Waals surface area contributed by atoms with E-state index in [2.05, 4.69) is 17.6 Å². The first kappa shape index (κ1) is 20.8. The van der Waals surface area contributed by atoms with E-state index in [9.17, 15) is 9.59 Å². The smallest absolute Gasteiger partial charge is 0.234 e. The zero-order valence-electron chi connectivity index (χ0n) is 15.8. The lowest BCUT2D eigenvalue weighted by atomic mass is 10.1. The van der Waals surface area contributed by atoms with Crippen LogP contribution in [0.1, 0.15) is 25.3 Å². The van der Waals surface area contributed by atoms with Crippen molar-refractivity contribution in [2.75, 3.05) is 29.2 Å². The number of anilines is 2. The number of hydrogen-bond donors (Lipinski definition) is 2. The molecule has 0 aliphatic heterocycles. The number of ether oxygens (including phenoxy) is 1. The number of methoxy groups -OCH3 is 1. The number of thioether (sulfide) groups is 1. The van der Waals surface area contributed by atoms with Gasteiger partial charge in [-0.25, -0.2) is 0 Å². The molecule has 0 bridgehead atoms. The molecule has 2 rings (SSSR count). The van der Waals surface area contributed by atoms with E-state index < -0.39 is 0 Å². The normalized spacial score (nSPS) is 10.3. The lowest BCUT2D eigenvalue weighted by Crippen LogP contribution is -2.18. The average molecular weight is 387 g/mol. The third-order valence-electron chi connectivity index (χ3n) is 3.90. The molecule has 0 aromatic heterocycles. The predicted octanol–water partition coefficient (Wildman–Crippen LogP) is 4.35. The van der Waals surface area contributed by atoms with Crippen LogP contribution in [0.4, 0.5) is 11.4 Å². The maximum atomic E-state index is 12.0. The molecule has 0 spiro atoms. The van der Waals surface area contributed by atoms with Crippen molar-refractivity contribution >= 4 is 35.0 Å². The van der Waals surface area contributed by atoms with Crippen molar-refractivity contribution in [1.29, 1.82) is 0 Å². The second-order valence-electron chi connectivity index (χ2n) is 6.12. The van der Waals surface area contributed by atoms with Crippen LogP contribution in [0, 0.1) is 0 Å². The van der Waals surface area contributed by atoms with E-state index in [1.54, 1.807) is 31.4 Å². The Labute approximate surface area is 164 Å². The lowest BCUT2D eigenvalue weighted by molar-refractivity contribution is -0.114.